The van der Waals surface area contributed by atoms with Crippen molar-refractivity contribution < 1.29 is 9.90 Å². The van der Waals surface area contributed by atoms with Crippen LogP contribution in [-0.4, -0.2) is 28.6 Å². The lowest BCUT2D eigenvalue weighted by molar-refractivity contribution is 0.0896. The Kier molecular flexibility index (Phi) is 6.25. The van der Waals surface area contributed by atoms with E-state index in [0.29, 0.717) is 10.7 Å². The van der Waals surface area contributed by atoms with Crippen LogP contribution in [0.2, 0.25) is 5.15 Å². The first-order valence-electron chi connectivity index (χ1n) is 6.56. The highest BCUT2D eigenvalue weighted by molar-refractivity contribution is 6.29. The summed E-state index contributed by atoms with van der Waals surface area (Å²) in [5.74, 6) is -0.0595. The van der Waals surface area contributed by atoms with Crippen molar-refractivity contribution in [1.82, 2.24) is 10.3 Å². The highest BCUT2D eigenvalue weighted by atomic mass is 35.5. The van der Waals surface area contributed by atoms with Crippen molar-refractivity contribution in [1.29, 1.82) is 0 Å². The van der Waals surface area contributed by atoms with Crippen LogP contribution in [0.1, 0.15) is 43.2 Å². The molecule has 1 rings (SSSR count). The molecule has 1 heterocycles. The van der Waals surface area contributed by atoms with E-state index in [1.54, 1.807) is 12.1 Å². The van der Waals surface area contributed by atoms with Gasteiger partial charge in [0, 0.05) is 11.3 Å². The van der Waals surface area contributed by atoms with E-state index in [0.717, 1.165) is 18.5 Å². The van der Waals surface area contributed by atoms with Crippen LogP contribution in [0, 0.1) is 5.92 Å². The van der Waals surface area contributed by atoms with Crippen molar-refractivity contribution in [2.24, 2.45) is 5.92 Å². The Labute approximate surface area is 119 Å². The second-order valence-corrected chi connectivity index (χ2v) is 5.31. The van der Waals surface area contributed by atoms with E-state index in [4.69, 9.17) is 11.6 Å². The molecule has 1 atom stereocenters. The molecule has 0 aliphatic heterocycles. The van der Waals surface area contributed by atoms with E-state index in [-0.39, 0.29) is 24.5 Å². The Balaban J connectivity index is 2.86. The third-order valence-electron chi connectivity index (χ3n) is 2.93. The predicted octanol–water partition coefficient (Wildman–Crippen LogP) is 2.43. The average Bonchev–Trinajstić information content (AvgIpc) is 2.34. The fraction of sp³-hybridized carbons (Fsp3) is 0.571. The van der Waals surface area contributed by atoms with Gasteiger partial charge in [-0.05, 0) is 24.5 Å². The molecule has 0 aliphatic carbocycles. The van der Waals surface area contributed by atoms with Gasteiger partial charge < -0.3 is 10.4 Å². The number of aliphatic hydroxyl groups excluding tert-OH is 1. The van der Waals surface area contributed by atoms with Crippen LogP contribution >= 0.6 is 11.6 Å². The van der Waals surface area contributed by atoms with E-state index in [1.807, 2.05) is 20.8 Å². The molecule has 0 aliphatic rings. The van der Waals surface area contributed by atoms with E-state index < -0.39 is 0 Å². The summed E-state index contributed by atoms with van der Waals surface area (Å²) in [5, 5.41) is 12.4. The van der Waals surface area contributed by atoms with E-state index in [2.05, 4.69) is 10.3 Å². The fourth-order valence-electron chi connectivity index (χ4n) is 1.74. The van der Waals surface area contributed by atoms with E-state index >= 15 is 0 Å². The summed E-state index contributed by atoms with van der Waals surface area (Å²) in [5.41, 5.74) is 1.30. The molecule has 0 saturated carbocycles. The molecule has 4 nitrogen and oxygen atoms in total. The molecule has 1 aromatic rings. The van der Waals surface area contributed by atoms with Gasteiger partial charge in [0.1, 0.15) is 5.15 Å². The summed E-state index contributed by atoms with van der Waals surface area (Å²) in [7, 11) is 0. The summed E-state index contributed by atoms with van der Waals surface area (Å²) < 4.78 is 0. The minimum atomic E-state index is -0.255. The number of aryl methyl sites for hydroxylation is 1. The van der Waals surface area contributed by atoms with Crippen molar-refractivity contribution in [3.63, 3.8) is 0 Å². The minimum absolute atomic E-state index is 0.0793. The Hall–Kier alpha value is -1.13. The predicted molar refractivity (Wildman–Crippen MR) is 76.4 cm³/mol. The zero-order valence-corrected chi connectivity index (χ0v) is 12.4. The maximum absolute atomic E-state index is 12.1. The number of nitrogens with one attached hydrogen (secondary N) is 1. The van der Waals surface area contributed by atoms with Gasteiger partial charge in [0.2, 0.25) is 0 Å². The molecular weight excluding hydrogens is 264 g/mol. The molecule has 1 amide bonds. The number of nitrogens with zero attached hydrogens (tertiary/aromatic N) is 1. The molecule has 2 N–H and O–H groups in total. The molecule has 0 spiro atoms. The number of carbonyl (C=O) groups excluding carboxylic acids is 1. The van der Waals surface area contributed by atoms with Gasteiger partial charge in [0.05, 0.1) is 12.6 Å². The lowest BCUT2D eigenvalue weighted by Crippen LogP contribution is -2.41. The quantitative estimate of drug-likeness (QED) is 0.789. The molecule has 0 unspecified atom stereocenters. The highest BCUT2D eigenvalue weighted by Gasteiger charge is 2.17. The SMILES string of the molecule is CCCc1cc(C(=O)N[C@H](CO)C(C)C)cc(Cl)n1. The van der Waals surface area contributed by atoms with Gasteiger partial charge in [-0.15, -0.1) is 0 Å². The van der Waals surface area contributed by atoms with Crippen molar-refractivity contribution >= 4 is 17.5 Å². The first-order chi connectivity index (χ1) is 8.97. The normalized spacial score (nSPS) is 12.5. The lowest BCUT2D eigenvalue weighted by Gasteiger charge is -2.20. The first-order valence-corrected chi connectivity index (χ1v) is 6.93. The van der Waals surface area contributed by atoms with Crippen LogP contribution < -0.4 is 5.32 Å². The monoisotopic (exact) mass is 284 g/mol. The van der Waals surface area contributed by atoms with Gasteiger partial charge >= 0.3 is 0 Å². The molecule has 19 heavy (non-hydrogen) atoms. The number of halogens is 1. The summed E-state index contributed by atoms with van der Waals surface area (Å²) in [4.78, 5) is 16.3. The number of amides is 1. The van der Waals surface area contributed by atoms with Gasteiger partial charge in [0.25, 0.3) is 5.91 Å². The minimum Gasteiger partial charge on any atom is -0.394 e. The maximum atomic E-state index is 12.1. The van der Waals surface area contributed by atoms with Gasteiger partial charge in [-0.25, -0.2) is 4.98 Å². The molecule has 1 aromatic heterocycles. The number of hydrogen-bond acceptors (Lipinski definition) is 3. The van der Waals surface area contributed by atoms with Crippen molar-refractivity contribution in [2.45, 2.75) is 39.7 Å². The second-order valence-electron chi connectivity index (χ2n) is 4.93. The van der Waals surface area contributed by atoms with Crippen molar-refractivity contribution in [2.75, 3.05) is 6.61 Å². The molecule has 0 saturated heterocycles. The van der Waals surface area contributed by atoms with Crippen LogP contribution in [0.3, 0.4) is 0 Å². The van der Waals surface area contributed by atoms with E-state index in [9.17, 15) is 9.90 Å². The Bertz CT molecular complexity index is 435. The molecule has 106 valence electrons. The number of hydrogen-bond donors (Lipinski definition) is 2. The average molecular weight is 285 g/mol. The molecular formula is C14H21ClN2O2. The second kappa shape index (κ2) is 7.46. The third kappa shape index (κ3) is 4.80. The first kappa shape index (κ1) is 15.9. The topological polar surface area (TPSA) is 62.2 Å². The highest BCUT2D eigenvalue weighted by Crippen LogP contribution is 2.13. The van der Waals surface area contributed by atoms with Crippen LogP contribution in [0.4, 0.5) is 0 Å². The number of pyridine rings is 1. The molecule has 0 aromatic carbocycles. The third-order valence-corrected chi connectivity index (χ3v) is 3.13. The van der Waals surface area contributed by atoms with E-state index in [1.165, 1.54) is 0 Å². The summed E-state index contributed by atoms with van der Waals surface area (Å²) in [6.45, 7) is 5.86. The van der Waals surface area contributed by atoms with Crippen LogP contribution in [0.15, 0.2) is 12.1 Å². The summed E-state index contributed by atoms with van der Waals surface area (Å²) in [6.07, 6.45) is 1.73. The van der Waals surface area contributed by atoms with Gasteiger partial charge in [-0.1, -0.05) is 38.8 Å². The van der Waals surface area contributed by atoms with Crippen LogP contribution in [-0.2, 0) is 6.42 Å². The molecule has 0 radical (unpaired) electrons. The number of aromatic nitrogens is 1. The van der Waals surface area contributed by atoms with Crippen molar-refractivity contribution in [3.8, 4) is 0 Å². The van der Waals surface area contributed by atoms with Gasteiger partial charge in [-0.3, -0.25) is 4.79 Å². The standard InChI is InChI=1S/C14H21ClN2O2/c1-4-5-11-6-10(7-13(15)16-11)14(19)17-12(8-18)9(2)3/h6-7,9,12,18H,4-5,8H2,1-3H3,(H,17,19)/t12-/m1/s1. The summed E-state index contributed by atoms with van der Waals surface area (Å²) in [6, 6.07) is 3.04. The number of aliphatic hydroxyl groups is 1. The fourth-order valence-corrected chi connectivity index (χ4v) is 1.97. The lowest BCUT2D eigenvalue weighted by atomic mass is 10.0. The molecule has 5 heteroatoms. The largest absolute Gasteiger partial charge is 0.394 e. The Morgan fingerprint density at radius 1 is 1.47 bits per heavy atom. The van der Waals surface area contributed by atoms with Gasteiger partial charge in [-0.2, -0.15) is 0 Å². The summed E-state index contributed by atoms with van der Waals surface area (Å²) >= 11 is 5.92. The number of carbonyl (C=O) groups is 1. The Morgan fingerprint density at radius 2 is 2.16 bits per heavy atom. The zero-order chi connectivity index (χ0) is 14.4. The molecule has 0 bridgehead atoms. The van der Waals surface area contributed by atoms with Crippen LogP contribution in [0.25, 0.3) is 0 Å². The van der Waals surface area contributed by atoms with Crippen molar-refractivity contribution in [3.05, 3.63) is 28.5 Å². The van der Waals surface area contributed by atoms with Gasteiger partial charge in [0.15, 0.2) is 0 Å². The number of rotatable bonds is 6. The zero-order valence-electron chi connectivity index (χ0n) is 11.6. The van der Waals surface area contributed by atoms with Crippen LogP contribution in [0.5, 0.6) is 0 Å². The molecule has 0 fully saturated rings. The Morgan fingerprint density at radius 3 is 2.68 bits per heavy atom. The smallest absolute Gasteiger partial charge is 0.251 e. The maximum Gasteiger partial charge on any atom is 0.251 e.